The van der Waals surface area contributed by atoms with Gasteiger partial charge in [-0.05, 0) is 50.9 Å². The van der Waals surface area contributed by atoms with Crippen molar-refractivity contribution in [1.82, 2.24) is 29.7 Å². The first-order chi connectivity index (χ1) is 17.3. The molecule has 2 N–H and O–H groups in total. The molecule has 11 heteroatoms. The highest BCUT2D eigenvalue weighted by Gasteiger charge is 2.63. The Morgan fingerprint density at radius 3 is 2.69 bits per heavy atom. The van der Waals surface area contributed by atoms with Crippen LogP contribution >= 0.6 is 0 Å². The van der Waals surface area contributed by atoms with Crippen LogP contribution in [0.5, 0.6) is 0 Å². The van der Waals surface area contributed by atoms with E-state index in [1.165, 1.54) is 0 Å². The monoisotopic (exact) mass is 499 g/mol. The average molecular weight is 500 g/mol. The molecule has 36 heavy (non-hydrogen) atoms. The van der Waals surface area contributed by atoms with Crippen molar-refractivity contribution in [3.8, 4) is 11.4 Å². The molecule has 0 bridgehead atoms. The number of carbonyl (C=O) groups excluding carboxylic acids is 1. The molecule has 6 rings (SSSR count). The first-order valence-electron chi connectivity index (χ1n) is 12.4. The van der Waals surface area contributed by atoms with Gasteiger partial charge < -0.3 is 20.1 Å². The number of halogens is 3. The maximum atomic E-state index is 13.3. The van der Waals surface area contributed by atoms with Crippen LogP contribution in [0.4, 0.5) is 19.0 Å². The lowest BCUT2D eigenvalue weighted by Gasteiger charge is -2.34. The zero-order valence-electron chi connectivity index (χ0n) is 19.8. The van der Waals surface area contributed by atoms with E-state index in [1.807, 2.05) is 23.2 Å². The van der Waals surface area contributed by atoms with Crippen LogP contribution in [-0.2, 0) is 17.9 Å². The highest BCUT2D eigenvalue weighted by molar-refractivity contribution is 5.93. The third kappa shape index (κ3) is 4.34. The van der Waals surface area contributed by atoms with Crippen molar-refractivity contribution < 1.29 is 18.0 Å². The highest BCUT2D eigenvalue weighted by Crippen LogP contribution is 2.58. The average Bonchev–Trinajstić information content (AvgIpc) is 3.54. The number of carbonyl (C=O) groups is 1. The molecule has 1 saturated heterocycles. The lowest BCUT2D eigenvalue weighted by Crippen LogP contribution is -2.44. The van der Waals surface area contributed by atoms with Gasteiger partial charge >= 0.3 is 6.18 Å². The first-order valence-corrected chi connectivity index (χ1v) is 12.4. The number of imidazole rings is 1. The van der Waals surface area contributed by atoms with Crippen LogP contribution in [-0.4, -0.2) is 62.7 Å². The van der Waals surface area contributed by atoms with Crippen molar-refractivity contribution in [1.29, 1.82) is 0 Å². The summed E-state index contributed by atoms with van der Waals surface area (Å²) >= 11 is 0. The van der Waals surface area contributed by atoms with E-state index in [2.05, 4.69) is 25.2 Å². The molecule has 1 saturated carbocycles. The Bertz CT molecular complexity index is 1290. The topological polar surface area (TPSA) is 88.0 Å². The fraction of sp³-hybridized carbons (Fsp3) is 0.520. The number of rotatable bonds is 5. The molecule has 0 radical (unpaired) electrons. The van der Waals surface area contributed by atoms with Gasteiger partial charge in [-0.1, -0.05) is 0 Å². The molecule has 3 aromatic heterocycles. The number of pyridine rings is 2. The van der Waals surface area contributed by atoms with Gasteiger partial charge in [-0.15, -0.1) is 0 Å². The van der Waals surface area contributed by atoms with Crippen molar-refractivity contribution in [2.24, 2.45) is 11.3 Å². The summed E-state index contributed by atoms with van der Waals surface area (Å²) < 4.78 is 42.0. The van der Waals surface area contributed by atoms with Crippen molar-refractivity contribution >= 4 is 22.6 Å². The van der Waals surface area contributed by atoms with Gasteiger partial charge in [0.15, 0.2) is 0 Å². The standard InChI is InChI=1S/C25H28F3N7O/c26-25(27,28)24(5-6-24)15-34-8-3-16(4-9-34)23(36)33-21-11-19-17(12-30-21)1-2-18(32-19)20-13-31-22-14-29-7-10-35(20)22/h1-2,11-13,16,29H,3-10,14-15H2,(H,30,33,36). The molecule has 5 heterocycles. The minimum Gasteiger partial charge on any atom is -0.324 e. The number of likely N-dealkylation sites (tertiary alicyclic amines) is 1. The molecule has 0 spiro atoms. The lowest BCUT2D eigenvalue weighted by atomic mass is 9.94. The summed E-state index contributed by atoms with van der Waals surface area (Å²) in [6, 6.07) is 5.68. The third-order valence-corrected chi connectivity index (χ3v) is 7.76. The summed E-state index contributed by atoms with van der Waals surface area (Å²) in [6.07, 6.45) is 0.875. The largest absolute Gasteiger partial charge is 0.395 e. The molecule has 1 aliphatic carbocycles. The van der Waals surface area contributed by atoms with Crippen LogP contribution in [0.25, 0.3) is 22.3 Å². The Balaban J connectivity index is 1.11. The van der Waals surface area contributed by atoms with Crippen molar-refractivity contribution in [2.45, 2.75) is 44.9 Å². The van der Waals surface area contributed by atoms with Crippen molar-refractivity contribution in [2.75, 3.05) is 31.5 Å². The van der Waals surface area contributed by atoms with Gasteiger partial charge in [-0.25, -0.2) is 15.0 Å². The Kier molecular flexibility index (Phi) is 5.71. The van der Waals surface area contributed by atoms with Gasteiger partial charge in [0.25, 0.3) is 0 Å². The number of fused-ring (bicyclic) bond motifs is 2. The van der Waals surface area contributed by atoms with Gasteiger partial charge in [-0.3, -0.25) is 4.79 Å². The number of hydrogen-bond donors (Lipinski definition) is 2. The molecular weight excluding hydrogens is 471 g/mol. The van der Waals surface area contributed by atoms with E-state index in [4.69, 9.17) is 4.98 Å². The van der Waals surface area contributed by atoms with Crippen molar-refractivity contribution in [3.63, 3.8) is 0 Å². The zero-order valence-corrected chi connectivity index (χ0v) is 19.8. The SMILES string of the molecule is O=C(Nc1cc2nc(-c3cnc4n3CCNC4)ccc2cn1)C1CCN(CC2(C(F)(F)F)CC2)CC1. The number of nitrogens with zero attached hydrogens (tertiary/aromatic N) is 5. The van der Waals surface area contributed by atoms with E-state index in [1.54, 1.807) is 12.3 Å². The fourth-order valence-electron chi connectivity index (χ4n) is 5.32. The predicted molar refractivity (Wildman–Crippen MR) is 128 cm³/mol. The number of alkyl halides is 3. The van der Waals surface area contributed by atoms with Gasteiger partial charge in [-0.2, -0.15) is 13.2 Å². The van der Waals surface area contributed by atoms with E-state index in [9.17, 15) is 18.0 Å². The molecule has 0 atom stereocenters. The minimum absolute atomic E-state index is 0.0436. The van der Waals surface area contributed by atoms with Gasteiger partial charge in [0.1, 0.15) is 11.6 Å². The number of amides is 1. The van der Waals surface area contributed by atoms with Crippen LogP contribution in [0.3, 0.4) is 0 Å². The van der Waals surface area contributed by atoms with E-state index in [0.717, 1.165) is 47.7 Å². The molecule has 0 aromatic carbocycles. The van der Waals surface area contributed by atoms with Crippen LogP contribution < -0.4 is 10.6 Å². The molecule has 0 unspecified atom stereocenters. The summed E-state index contributed by atoms with van der Waals surface area (Å²) in [5.41, 5.74) is 0.960. The molecule has 8 nitrogen and oxygen atoms in total. The summed E-state index contributed by atoms with van der Waals surface area (Å²) in [4.78, 5) is 28.4. The maximum Gasteiger partial charge on any atom is 0.395 e. The molecule has 3 aromatic rings. The molecule has 3 aliphatic rings. The number of hydrogen-bond acceptors (Lipinski definition) is 6. The van der Waals surface area contributed by atoms with E-state index in [0.29, 0.717) is 31.7 Å². The third-order valence-electron chi connectivity index (χ3n) is 7.76. The van der Waals surface area contributed by atoms with Crippen LogP contribution in [0, 0.1) is 11.3 Å². The number of aromatic nitrogens is 4. The van der Waals surface area contributed by atoms with Crippen LogP contribution in [0.2, 0.25) is 0 Å². The molecule has 190 valence electrons. The summed E-state index contributed by atoms with van der Waals surface area (Å²) in [7, 11) is 0. The normalized spacial score (nSPS) is 20.3. The van der Waals surface area contributed by atoms with Gasteiger partial charge in [0, 0.05) is 43.2 Å². The number of anilines is 1. The van der Waals surface area contributed by atoms with Crippen LogP contribution in [0.1, 0.15) is 31.5 Å². The summed E-state index contributed by atoms with van der Waals surface area (Å²) in [5, 5.41) is 7.07. The van der Waals surface area contributed by atoms with Crippen LogP contribution in [0.15, 0.2) is 30.6 Å². The predicted octanol–water partition coefficient (Wildman–Crippen LogP) is 3.59. The zero-order chi connectivity index (χ0) is 24.9. The summed E-state index contributed by atoms with van der Waals surface area (Å²) in [6.45, 7) is 3.48. The van der Waals surface area contributed by atoms with Gasteiger partial charge in [0.05, 0.1) is 35.1 Å². The Hall–Kier alpha value is -3.05. The Morgan fingerprint density at radius 1 is 1.14 bits per heavy atom. The number of nitrogens with one attached hydrogen (secondary N) is 2. The Morgan fingerprint density at radius 2 is 1.94 bits per heavy atom. The highest BCUT2D eigenvalue weighted by atomic mass is 19.4. The first kappa shape index (κ1) is 23.4. The van der Waals surface area contributed by atoms with E-state index < -0.39 is 11.6 Å². The quantitative estimate of drug-likeness (QED) is 0.558. The molecular formula is C25H28F3N7O. The summed E-state index contributed by atoms with van der Waals surface area (Å²) in [5.74, 6) is 1.02. The maximum absolute atomic E-state index is 13.3. The smallest absolute Gasteiger partial charge is 0.324 e. The molecule has 1 amide bonds. The second kappa shape index (κ2) is 8.81. The minimum atomic E-state index is -4.15. The molecule has 2 aliphatic heterocycles. The van der Waals surface area contributed by atoms with E-state index >= 15 is 0 Å². The van der Waals surface area contributed by atoms with E-state index in [-0.39, 0.29) is 31.2 Å². The van der Waals surface area contributed by atoms with Gasteiger partial charge in [0.2, 0.25) is 5.91 Å². The fourth-order valence-corrected chi connectivity index (χ4v) is 5.32. The number of piperidine rings is 1. The lowest BCUT2D eigenvalue weighted by molar-refractivity contribution is -0.192. The molecule has 2 fully saturated rings. The van der Waals surface area contributed by atoms with Crippen molar-refractivity contribution in [3.05, 3.63) is 36.4 Å². The Labute approximate surface area is 206 Å². The second-order valence-electron chi connectivity index (χ2n) is 10.2. The second-order valence-corrected chi connectivity index (χ2v) is 10.2.